The smallest absolute Gasteiger partial charge is 0.262 e. The molecular formula is C21H23N3O2S. The lowest BCUT2D eigenvalue weighted by Crippen LogP contribution is -2.14. The van der Waals surface area contributed by atoms with Gasteiger partial charge in [0.2, 0.25) is 0 Å². The summed E-state index contributed by atoms with van der Waals surface area (Å²) in [5, 5.41) is 3.22. The fourth-order valence-corrected chi connectivity index (χ4v) is 4.08. The van der Waals surface area contributed by atoms with Crippen LogP contribution in [0.4, 0.5) is 17.2 Å². The maximum Gasteiger partial charge on any atom is 0.262 e. The SMILES string of the molecule is Cc1ccc(S(=O)(=O)Nc2ccc(Nc3ccc(C)c(C)c3)nc2)c(C)c1. The van der Waals surface area contributed by atoms with Crippen LogP contribution in [0.3, 0.4) is 0 Å². The molecule has 0 fully saturated rings. The molecule has 0 aliphatic heterocycles. The number of aromatic nitrogens is 1. The molecule has 0 aliphatic carbocycles. The van der Waals surface area contributed by atoms with Crippen molar-refractivity contribution in [1.82, 2.24) is 4.98 Å². The number of hydrogen-bond donors (Lipinski definition) is 2. The van der Waals surface area contributed by atoms with Crippen molar-refractivity contribution in [2.75, 3.05) is 10.0 Å². The van der Waals surface area contributed by atoms with Crippen molar-refractivity contribution in [3.8, 4) is 0 Å². The molecule has 0 amide bonds. The first-order valence-corrected chi connectivity index (χ1v) is 10.1. The van der Waals surface area contributed by atoms with Crippen LogP contribution in [0.5, 0.6) is 0 Å². The van der Waals surface area contributed by atoms with Gasteiger partial charge in [-0.3, -0.25) is 4.72 Å². The van der Waals surface area contributed by atoms with Crippen molar-refractivity contribution >= 4 is 27.2 Å². The van der Waals surface area contributed by atoms with Gasteiger partial charge in [0, 0.05) is 5.69 Å². The Morgan fingerprint density at radius 3 is 2.15 bits per heavy atom. The minimum Gasteiger partial charge on any atom is -0.340 e. The van der Waals surface area contributed by atoms with E-state index in [0.29, 0.717) is 17.1 Å². The van der Waals surface area contributed by atoms with Crippen molar-refractivity contribution in [2.45, 2.75) is 32.6 Å². The summed E-state index contributed by atoms with van der Waals surface area (Å²) in [5.41, 5.74) is 5.51. The molecule has 0 aliphatic rings. The summed E-state index contributed by atoms with van der Waals surface area (Å²) < 4.78 is 27.8. The molecule has 5 nitrogen and oxygen atoms in total. The summed E-state index contributed by atoms with van der Waals surface area (Å²) in [6, 6.07) is 14.8. The van der Waals surface area contributed by atoms with E-state index in [1.807, 2.05) is 31.2 Å². The summed E-state index contributed by atoms with van der Waals surface area (Å²) in [4.78, 5) is 4.57. The van der Waals surface area contributed by atoms with Gasteiger partial charge in [0.1, 0.15) is 5.82 Å². The first-order chi connectivity index (χ1) is 12.7. The second-order valence-electron chi connectivity index (χ2n) is 6.73. The van der Waals surface area contributed by atoms with Crippen LogP contribution in [0.15, 0.2) is 59.6 Å². The summed E-state index contributed by atoms with van der Waals surface area (Å²) in [5.74, 6) is 0.646. The highest BCUT2D eigenvalue weighted by Gasteiger charge is 2.17. The molecule has 27 heavy (non-hydrogen) atoms. The molecule has 2 aromatic carbocycles. The van der Waals surface area contributed by atoms with Gasteiger partial charge in [-0.05, 0) is 74.7 Å². The van der Waals surface area contributed by atoms with Crippen LogP contribution in [0.1, 0.15) is 22.3 Å². The predicted molar refractivity (Wildman–Crippen MR) is 110 cm³/mol. The van der Waals surface area contributed by atoms with Gasteiger partial charge in [0.05, 0.1) is 16.8 Å². The number of rotatable bonds is 5. The monoisotopic (exact) mass is 381 g/mol. The summed E-state index contributed by atoms with van der Waals surface area (Å²) in [7, 11) is -3.65. The van der Waals surface area contributed by atoms with Crippen LogP contribution >= 0.6 is 0 Å². The maximum atomic E-state index is 12.6. The van der Waals surface area contributed by atoms with E-state index in [1.54, 1.807) is 31.2 Å². The number of aryl methyl sites for hydroxylation is 4. The molecule has 3 aromatic rings. The summed E-state index contributed by atoms with van der Waals surface area (Å²) in [6.07, 6.45) is 1.50. The largest absolute Gasteiger partial charge is 0.340 e. The zero-order valence-corrected chi connectivity index (χ0v) is 16.7. The molecular weight excluding hydrogens is 358 g/mol. The van der Waals surface area contributed by atoms with Crippen LogP contribution in [-0.2, 0) is 10.0 Å². The molecule has 3 rings (SSSR count). The molecule has 0 radical (unpaired) electrons. The van der Waals surface area contributed by atoms with Gasteiger partial charge in [-0.1, -0.05) is 23.8 Å². The van der Waals surface area contributed by atoms with E-state index in [9.17, 15) is 8.42 Å². The fourth-order valence-electron chi connectivity index (χ4n) is 2.81. The number of nitrogens with zero attached hydrogens (tertiary/aromatic N) is 1. The van der Waals surface area contributed by atoms with Gasteiger partial charge in [-0.15, -0.1) is 0 Å². The first kappa shape index (κ1) is 18.9. The van der Waals surface area contributed by atoms with E-state index >= 15 is 0 Å². The van der Waals surface area contributed by atoms with E-state index in [0.717, 1.165) is 11.3 Å². The van der Waals surface area contributed by atoms with Crippen LogP contribution in [0.25, 0.3) is 0 Å². The standard InChI is InChI=1S/C21H23N3O2S/c1-14-5-9-20(17(4)11-14)27(25,26)24-19-8-10-21(22-13-19)23-18-7-6-15(2)16(3)12-18/h5-13,24H,1-4H3,(H,22,23). The van der Waals surface area contributed by atoms with Crippen LogP contribution < -0.4 is 10.0 Å². The quantitative estimate of drug-likeness (QED) is 0.662. The van der Waals surface area contributed by atoms with Crippen LogP contribution in [0, 0.1) is 27.7 Å². The highest BCUT2D eigenvalue weighted by atomic mass is 32.2. The lowest BCUT2D eigenvalue weighted by molar-refractivity contribution is 0.600. The molecule has 1 heterocycles. The molecule has 0 spiro atoms. The number of hydrogen-bond acceptors (Lipinski definition) is 4. The minimum absolute atomic E-state index is 0.269. The van der Waals surface area contributed by atoms with Crippen molar-refractivity contribution in [3.05, 3.63) is 77.0 Å². The lowest BCUT2D eigenvalue weighted by Gasteiger charge is -2.12. The Morgan fingerprint density at radius 2 is 1.52 bits per heavy atom. The van der Waals surface area contributed by atoms with Gasteiger partial charge >= 0.3 is 0 Å². The highest BCUT2D eigenvalue weighted by molar-refractivity contribution is 7.92. The lowest BCUT2D eigenvalue weighted by atomic mass is 10.1. The Hall–Kier alpha value is -2.86. The van der Waals surface area contributed by atoms with Crippen molar-refractivity contribution in [2.24, 2.45) is 0 Å². The van der Waals surface area contributed by atoms with Crippen molar-refractivity contribution < 1.29 is 8.42 Å². The molecule has 6 heteroatoms. The first-order valence-electron chi connectivity index (χ1n) is 8.65. The van der Waals surface area contributed by atoms with Gasteiger partial charge < -0.3 is 5.32 Å². The summed E-state index contributed by atoms with van der Waals surface area (Å²) >= 11 is 0. The Kier molecular flexibility index (Phi) is 5.19. The van der Waals surface area contributed by atoms with E-state index in [-0.39, 0.29) is 4.90 Å². The van der Waals surface area contributed by atoms with E-state index in [2.05, 4.69) is 28.9 Å². The Balaban J connectivity index is 1.76. The average Bonchev–Trinajstić information content (AvgIpc) is 2.59. The Bertz CT molecular complexity index is 1080. The second-order valence-corrected chi connectivity index (χ2v) is 8.38. The molecule has 0 atom stereocenters. The van der Waals surface area contributed by atoms with Gasteiger partial charge in [-0.25, -0.2) is 13.4 Å². The normalized spacial score (nSPS) is 11.3. The van der Waals surface area contributed by atoms with E-state index in [1.165, 1.54) is 17.3 Å². The van der Waals surface area contributed by atoms with Crippen molar-refractivity contribution in [3.63, 3.8) is 0 Å². The fraction of sp³-hybridized carbons (Fsp3) is 0.190. The number of sulfonamides is 1. The third-order valence-electron chi connectivity index (χ3n) is 4.41. The van der Waals surface area contributed by atoms with Crippen LogP contribution in [-0.4, -0.2) is 13.4 Å². The topological polar surface area (TPSA) is 71.1 Å². The molecule has 0 unspecified atom stereocenters. The zero-order valence-electron chi connectivity index (χ0n) is 15.9. The molecule has 0 bridgehead atoms. The Labute approximate surface area is 160 Å². The third kappa shape index (κ3) is 4.46. The van der Waals surface area contributed by atoms with E-state index in [4.69, 9.17) is 0 Å². The number of nitrogens with one attached hydrogen (secondary N) is 2. The highest BCUT2D eigenvalue weighted by Crippen LogP contribution is 2.22. The number of benzene rings is 2. The van der Waals surface area contributed by atoms with E-state index < -0.39 is 10.0 Å². The molecule has 2 N–H and O–H groups in total. The maximum absolute atomic E-state index is 12.6. The average molecular weight is 382 g/mol. The molecule has 0 saturated carbocycles. The zero-order chi connectivity index (χ0) is 19.6. The van der Waals surface area contributed by atoms with Gasteiger partial charge in [0.25, 0.3) is 10.0 Å². The molecule has 0 saturated heterocycles. The van der Waals surface area contributed by atoms with Crippen molar-refractivity contribution in [1.29, 1.82) is 0 Å². The molecule has 140 valence electrons. The van der Waals surface area contributed by atoms with Gasteiger partial charge in [-0.2, -0.15) is 0 Å². The predicted octanol–water partition coefficient (Wildman–Crippen LogP) is 4.86. The number of anilines is 3. The second kappa shape index (κ2) is 7.40. The summed E-state index contributed by atoms with van der Waals surface area (Å²) in [6.45, 7) is 7.84. The number of pyridine rings is 1. The van der Waals surface area contributed by atoms with Gasteiger partial charge in [0.15, 0.2) is 0 Å². The Morgan fingerprint density at radius 1 is 0.778 bits per heavy atom. The molecule has 1 aromatic heterocycles. The minimum atomic E-state index is -3.65. The third-order valence-corrected chi connectivity index (χ3v) is 5.96. The van der Waals surface area contributed by atoms with Crippen LogP contribution in [0.2, 0.25) is 0 Å².